The fourth-order valence-corrected chi connectivity index (χ4v) is 4.24. The molecule has 2 aromatic heterocycles. The summed E-state index contributed by atoms with van der Waals surface area (Å²) in [5.74, 6) is 0.594. The Kier molecular flexibility index (Phi) is 6.76. The van der Waals surface area contributed by atoms with Gasteiger partial charge in [-0.2, -0.15) is 0 Å². The fraction of sp³-hybridized carbons (Fsp3) is 0.318. The van der Waals surface area contributed by atoms with Crippen molar-refractivity contribution in [1.82, 2.24) is 15.2 Å². The molecule has 162 valence electrons. The van der Waals surface area contributed by atoms with Gasteiger partial charge in [-0.1, -0.05) is 0 Å². The molecule has 1 aliphatic rings. The number of methoxy groups -OCH3 is 1. The van der Waals surface area contributed by atoms with E-state index in [0.29, 0.717) is 28.5 Å². The highest BCUT2D eigenvalue weighted by Crippen LogP contribution is 2.34. The number of nitrogens with zero attached hydrogens (tertiary/aromatic N) is 2. The number of rotatable bonds is 7. The summed E-state index contributed by atoms with van der Waals surface area (Å²) in [5, 5.41) is 3.73. The lowest BCUT2D eigenvalue weighted by Gasteiger charge is -2.26. The summed E-state index contributed by atoms with van der Waals surface area (Å²) in [5.41, 5.74) is 0.564. The number of thiophene rings is 1. The molecule has 1 saturated heterocycles. The van der Waals surface area contributed by atoms with Crippen LogP contribution in [0.1, 0.15) is 20.0 Å². The van der Waals surface area contributed by atoms with Crippen molar-refractivity contribution in [2.24, 2.45) is 0 Å². The third-order valence-electron chi connectivity index (χ3n) is 4.96. The van der Waals surface area contributed by atoms with E-state index >= 15 is 0 Å². The van der Waals surface area contributed by atoms with Crippen molar-refractivity contribution in [3.05, 3.63) is 53.2 Å². The SMILES string of the molecule is COC(=O)c1cc2c(Oc3ccc(C(=O)NCCN4CCOCC4)cc3)cncc2s1. The van der Waals surface area contributed by atoms with Crippen LogP contribution in [0.2, 0.25) is 0 Å². The monoisotopic (exact) mass is 441 g/mol. The number of hydrogen-bond acceptors (Lipinski definition) is 8. The zero-order chi connectivity index (χ0) is 21.6. The predicted octanol–water partition coefficient (Wildman–Crippen LogP) is 2.94. The van der Waals surface area contributed by atoms with Crippen LogP contribution >= 0.6 is 11.3 Å². The van der Waals surface area contributed by atoms with Gasteiger partial charge in [-0.05, 0) is 30.3 Å². The minimum Gasteiger partial charge on any atom is -0.465 e. The minimum absolute atomic E-state index is 0.121. The van der Waals surface area contributed by atoms with Gasteiger partial charge in [0.25, 0.3) is 5.91 Å². The first kappa shape index (κ1) is 21.2. The van der Waals surface area contributed by atoms with Crippen LogP contribution < -0.4 is 10.1 Å². The number of ether oxygens (including phenoxy) is 3. The average molecular weight is 442 g/mol. The molecule has 31 heavy (non-hydrogen) atoms. The van der Waals surface area contributed by atoms with Crippen molar-refractivity contribution in [3.8, 4) is 11.5 Å². The Morgan fingerprint density at radius 1 is 1.19 bits per heavy atom. The first-order valence-corrected chi connectivity index (χ1v) is 10.8. The van der Waals surface area contributed by atoms with Gasteiger partial charge in [0.15, 0.2) is 5.75 Å². The lowest BCUT2D eigenvalue weighted by atomic mass is 10.2. The topological polar surface area (TPSA) is 90.0 Å². The molecule has 3 heterocycles. The largest absolute Gasteiger partial charge is 0.465 e. The number of amides is 1. The second kappa shape index (κ2) is 9.86. The van der Waals surface area contributed by atoms with Gasteiger partial charge in [-0.25, -0.2) is 4.79 Å². The van der Waals surface area contributed by atoms with Gasteiger partial charge in [0.05, 0.1) is 31.2 Å². The van der Waals surface area contributed by atoms with Gasteiger partial charge in [0.1, 0.15) is 10.6 Å². The van der Waals surface area contributed by atoms with Crippen molar-refractivity contribution < 1.29 is 23.8 Å². The molecule has 0 atom stereocenters. The Balaban J connectivity index is 1.37. The first-order chi connectivity index (χ1) is 15.1. The van der Waals surface area contributed by atoms with E-state index in [-0.39, 0.29) is 5.91 Å². The summed E-state index contributed by atoms with van der Waals surface area (Å²) in [6.45, 7) is 4.68. The summed E-state index contributed by atoms with van der Waals surface area (Å²) in [6, 6.07) is 8.66. The summed E-state index contributed by atoms with van der Waals surface area (Å²) >= 11 is 1.30. The quantitative estimate of drug-likeness (QED) is 0.564. The third kappa shape index (κ3) is 5.19. The molecule has 1 aromatic carbocycles. The van der Waals surface area contributed by atoms with Crippen LogP contribution in [-0.4, -0.2) is 68.3 Å². The maximum Gasteiger partial charge on any atom is 0.348 e. The molecule has 0 saturated carbocycles. The number of hydrogen-bond donors (Lipinski definition) is 1. The van der Waals surface area contributed by atoms with Crippen LogP contribution in [-0.2, 0) is 9.47 Å². The number of nitrogens with one attached hydrogen (secondary N) is 1. The van der Waals surface area contributed by atoms with Gasteiger partial charge >= 0.3 is 5.97 Å². The molecular formula is C22H23N3O5S. The second-order valence-corrected chi connectivity index (χ2v) is 8.07. The first-order valence-electron chi connectivity index (χ1n) is 9.96. The highest BCUT2D eigenvalue weighted by atomic mass is 32.1. The van der Waals surface area contributed by atoms with E-state index in [1.807, 2.05) is 0 Å². The third-order valence-corrected chi connectivity index (χ3v) is 6.01. The Morgan fingerprint density at radius 2 is 1.97 bits per heavy atom. The van der Waals surface area contributed by atoms with E-state index in [1.54, 1.807) is 42.7 Å². The standard InChI is InChI=1S/C22H23N3O5S/c1-28-22(27)19-12-17-18(13-23-14-20(17)31-19)30-16-4-2-15(3-5-16)21(26)24-6-7-25-8-10-29-11-9-25/h2-5,12-14H,6-11H2,1H3,(H,24,26). The molecule has 8 nitrogen and oxygen atoms in total. The summed E-state index contributed by atoms with van der Waals surface area (Å²) in [7, 11) is 1.35. The van der Waals surface area contributed by atoms with Gasteiger partial charge in [-0.3, -0.25) is 14.7 Å². The van der Waals surface area contributed by atoms with E-state index < -0.39 is 5.97 Å². The van der Waals surface area contributed by atoms with Crippen molar-refractivity contribution in [3.63, 3.8) is 0 Å². The van der Waals surface area contributed by atoms with Crippen LogP contribution in [0.15, 0.2) is 42.7 Å². The molecule has 1 N–H and O–H groups in total. The van der Waals surface area contributed by atoms with E-state index in [9.17, 15) is 9.59 Å². The van der Waals surface area contributed by atoms with Crippen LogP contribution in [0.3, 0.4) is 0 Å². The van der Waals surface area contributed by atoms with Crippen LogP contribution in [0.5, 0.6) is 11.5 Å². The minimum atomic E-state index is -0.392. The van der Waals surface area contributed by atoms with Gasteiger partial charge < -0.3 is 19.5 Å². The summed E-state index contributed by atoms with van der Waals surface area (Å²) < 4.78 is 16.9. The van der Waals surface area contributed by atoms with Crippen LogP contribution in [0, 0.1) is 0 Å². The number of pyridine rings is 1. The van der Waals surface area contributed by atoms with Crippen molar-refractivity contribution in [2.45, 2.75) is 0 Å². The molecule has 1 aliphatic heterocycles. The molecule has 0 unspecified atom stereocenters. The van der Waals surface area contributed by atoms with E-state index in [1.165, 1.54) is 18.4 Å². The fourth-order valence-electron chi connectivity index (χ4n) is 3.27. The highest BCUT2D eigenvalue weighted by molar-refractivity contribution is 7.20. The average Bonchev–Trinajstić information content (AvgIpc) is 3.25. The Morgan fingerprint density at radius 3 is 2.71 bits per heavy atom. The molecule has 4 rings (SSSR count). The number of esters is 1. The lowest BCUT2D eigenvalue weighted by Crippen LogP contribution is -2.41. The van der Waals surface area contributed by atoms with Crippen LogP contribution in [0.25, 0.3) is 10.1 Å². The maximum absolute atomic E-state index is 12.4. The van der Waals surface area contributed by atoms with Crippen molar-refractivity contribution in [2.75, 3.05) is 46.5 Å². The lowest BCUT2D eigenvalue weighted by molar-refractivity contribution is 0.0383. The number of carbonyl (C=O) groups is 2. The Labute approximate surface area is 183 Å². The predicted molar refractivity (Wildman–Crippen MR) is 117 cm³/mol. The van der Waals surface area contributed by atoms with Gasteiger partial charge in [0.2, 0.25) is 0 Å². The molecule has 0 radical (unpaired) electrons. The molecule has 0 spiro atoms. The normalized spacial score (nSPS) is 14.4. The van der Waals surface area contributed by atoms with E-state index in [4.69, 9.17) is 14.2 Å². The zero-order valence-corrected chi connectivity index (χ0v) is 17.9. The highest BCUT2D eigenvalue weighted by Gasteiger charge is 2.15. The number of benzene rings is 1. The Hall–Kier alpha value is -3.01. The molecule has 0 bridgehead atoms. The maximum atomic E-state index is 12.4. The van der Waals surface area contributed by atoms with E-state index in [2.05, 4.69) is 15.2 Å². The molecule has 1 fully saturated rings. The van der Waals surface area contributed by atoms with Crippen molar-refractivity contribution in [1.29, 1.82) is 0 Å². The zero-order valence-electron chi connectivity index (χ0n) is 17.1. The number of morpholine rings is 1. The molecule has 9 heteroatoms. The molecule has 1 amide bonds. The number of fused-ring (bicyclic) bond motifs is 1. The number of aromatic nitrogens is 1. The van der Waals surface area contributed by atoms with Gasteiger partial charge in [-0.15, -0.1) is 11.3 Å². The molecule has 3 aromatic rings. The Bertz CT molecular complexity index is 1060. The molecular weight excluding hydrogens is 418 g/mol. The van der Waals surface area contributed by atoms with E-state index in [0.717, 1.165) is 42.9 Å². The van der Waals surface area contributed by atoms with Gasteiger partial charge in [0, 0.05) is 43.3 Å². The molecule has 0 aliphatic carbocycles. The smallest absolute Gasteiger partial charge is 0.348 e. The number of carbonyl (C=O) groups excluding carboxylic acids is 2. The second-order valence-electron chi connectivity index (χ2n) is 6.99. The summed E-state index contributed by atoms with van der Waals surface area (Å²) in [6.07, 6.45) is 3.28. The summed E-state index contributed by atoms with van der Waals surface area (Å²) in [4.78, 5) is 31.1. The van der Waals surface area contributed by atoms with Crippen LogP contribution in [0.4, 0.5) is 0 Å². The van der Waals surface area contributed by atoms with Crippen molar-refractivity contribution >= 4 is 33.3 Å².